The van der Waals surface area contributed by atoms with Crippen molar-refractivity contribution in [2.45, 2.75) is 39.0 Å². The Hall–Kier alpha value is -2.95. The molecular formula is C13H18N6O5. The number of H-pyrrole nitrogens is 2. The molecule has 0 saturated carbocycles. The zero-order chi connectivity index (χ0) is 17.9. The number of hydrogen-bond acceptors (Lipinski definition) is 6. The second-order valence-electron chi connectivity index (χ2n) is 5.32. The summed E-state index contributed by atoms with van der Waals surface area (Å²) in [5, 5.41) is 13.9. The molecule has 0 aliphatic carbocycles. The van der Waals surface area contributed by atoms with Gasteiger partial charge in [-0.25, -0.2) is 19.4 Å². The minimum absolute atomic E-state index is 0.0292. The van der Waals surface area contributed by atoms with Crippen LogP contribution < -0.4 is 16.3 Å². The van der Waals surface area contributed by atoms with Gasteiger partial charge in [-0.1, -0.05) is 0 Å². The molecule has 0 bridgehead atoms. The number of amides is 2. The van der Waals surface area contributed by atoms with E-state index in [1.54, 1.807) is 20.8 Å². The van der Waals surface area contributed by atoms with Crippen LogP contribution in [0.4, 0.5) is 10.6 Å². The third kappa shape index (κ3) is 4.07. The highest BCUT2D eigenvalue weighted by Crippen LogP contribution is 2.13. The number of fused-ring (bicyclic) bond motifs is 1. The van der Waals surface area contributed by atoms with Gasteiger partial charge >= 0.3 is 17.7 Å². The van der Waals surface area contributed by atoms with E-state index in [1.165, 1.54) is 6.33 Å². The maximum Gasteiger partial charge on any atom is 0.348 e. The molecule has 0 aliphatic rings. The van der Waals surface area contributed by atoms with Gasteiger partial charge in [-0.2, -0.15) is 4.98 Å². The van der Waals surface area contributed by atoms with Gasteiger partial charge in [0.05, 0.1) is 18.5 Å². The van der Waals surface area contributed by atoms with Crippen molar-refractivity contribution in [1.29, 1.82) is 0 Å². The average Bonchev–Trinajstić information content (AvgIpc) is 2.91. The van der Waals surface area contributed by atoms with Gasteiger partial charge in [0.15, 0.2) is 11.7 Å². The van der Waals surface area contributed by atoms with Gasteiger partial charge in [-0.15, -0.1) is 0 Å². The molecule has 0 aromatic carbocycles. The molecule has 0 fully saturated rings. The molecule has 2 heterocycles. The molecule has 2 aromatic rings. The van der Waals surface area contributed by atoms with Gasteiger partial charge in [0, 0.05) is 0 Å². The topological polar surface area (TPSA) is 162 Å². The van der Waals surface area contributed by atoms with Gasteiger partial charge in [-0.05, 0) is 20.8 Å². The fourth-order valence-corrected chi connectivity index (χ4v) is 2.12. The maximum atomic E-state index is 12.1. The highest BCUT2D eigenvalue weighted by Gasteiger charge is 2.28. The summed E-state index contributed by atoms with van der Waals surface area (Å²) >= 11 is 0. The molecule has 0 saturated heterocycles. The average molecular weight is 338 g/mol. The van der Waals surface area contributed by atoms with E-state index in [0.717, 1.165) is 0 Å². The van der Waals surface area contributed by atoms with Gasteiger partial charge in [0.2, 0.25) is 0 Å². The summed E-state index contributed by atoms with van der Waals surface area (Å²) in [6.07, 6.45) is 0.358. The summed E-state index contributed by atoms with van der Waals surface area (Å²) in [7, 11) is 0. The van der Waals surface area contributed by atoms with Gasteiger partial charge < -0.3 is 20.1 Å². The molecule has 0 unspecified atom stereocenters. The summed E-state index contributed by atoms with van der Waals surface area (Å²) in [6, 6.07) is -2.09. The lowest BCUT2D eigenvalue weighted by Crippen LogP contribution is -2.50. The van der Waals surface area contributed by atoms with Crippen molar-refractivity contribution >= 4 is 29.0 Å². The van der Waals surface area contributed by atoms with Crippen LogP contribution >= 0.6 is 0 Å². The highest BCUT2D eigenvalue weighted by atomic mass is 16.5. The summed E-state index contributed by atoms with van der Waals surface area (Å²) < 4.78 is 5.39. The monoisotopic (exact) mass is 338 g/mol. The van der Waals surface area contributed by atoms with Crippen LogP contribution in [0.2, 0.25) is 0 Å². The number of ether oxygens (including phenoxy) is 1. The molecule has 5 N–H and O–H groups in total. The Morgan fingerprint density at radius 1 is 1.33 bits per heavy atom. The Kier molecular flexibility index (Phi) is 5.14. The number of carbonyl (C=O) groups is 2. The second-order valence-corrected chi connectivity index (χ2v) is 5.32. The van der Waals surface area contributed by atoms with E-state index in [-0.39, 0.29) is 17.6 Å². The van der Waals surface area contributed by atoms with Crippen molar-refractivity contribution in [3.8, 4) is 0 Å². The number of rotatable bonds is 6. The van der Waals surface area contributed by atoms with E-state index < -0.39 is 29.8 Å². The Morgan fingerprint density at radius 2 is 2.04 bits per heavy atom. The second kappa shape index (κ2) is 7.08. The van der Waals surface area contributed by atoms with Gasteiger partial charge in [0.1, 0.15) is 11.3 Å². The van der Waals surface area contributed by atoms with Crippen LogP contribution in [0.15, 0.2) is 11.1 Å². The quantitative estimate of drug-likeness (QED) is 0.496. The number of carboxylic acid groups (broad SMARTS) is 1. The first-order valence-electron chi connectivity index (χ1n) is 7.17. The SMILES string of the molecule is CC(C)O[C@H](C)[C@H](NC(=O)Nc1[nH]c(=O)nc2nc[nH]c12)C(=O)O. The van der Waals surface area contributed by atoms with Gasteiger partial charge in [-0.3, -0.25) is 10.3 Å². The number of aromatic nitrogens is 4. The predicted molar refractivity (Wildman–Crippen MR) is 83.8 cm³/mol. The van der Waals surface area contributed by atoms with E-state index in [0.29, 0.717) is 5.52 Å². The minimum Gasteiger partial charge on any atom is -0.480 e. The summed E-state index contributed by atoms with van der Waals surface area (Å²) in [6.45, 7) is 5.05. The summed E-state index contributed by atoms with van der Waals surface area (Å²) in [5.74, 6) is -1.21. The van der Waals surface area contributed by atoms with Crippen molar-refractivity contribution in [1.82, 2.24) is 25.3 Å². The largest absolute Gasteiger partial charge is 0.480 e. The normalized spacial score (nSPS) is 13.7. The Morgan fingerprint density at radius 3 is 2.67 bits per heavy atom. The number of nitrogens with one attached hydrogen (secondary N) is 4. The number of aliphatic carboxylic acids is 1. The summed E-state index contributed by atoms with van der Waals surface area (Å²) in [5.41, 5.74) is -0.264. The number of nitrogens with zero attached hydrogens (tertiary/aromatic N) is 2. The number of urea groups is 1. The van der Waals surface area contributed by atoms with Crippen molar-refractivity contribution in [2.75, 3.05) is 5.32 Å². The maximum absolute atomic E-state index is 12.1. The predicted octanol–water partition coefficient (Wildman–Crippen LogP) is 0.0344. The molecule has 11 nitrogen and oxygen atoms in total. The number of hydrogen-bond donors (Lipinski definition) is 5. The lowest BCUT2D eigenvalue weighted by molar-refractivity contribution is -0.143. The van der Waals surface area contributed by atoms with Crippen LogP contribution in [0.3, 0.4) is 0 Å². The molecule has 2 rings (SSSR count). The van der Waals surface area contributed by atoms with Crippen molar-refractivity contribution in [3.05, 3.63) is 16.8 Å². The van der Waals surface area contributed by atoms with E-state index in [1.807, 2.05) is 0 Å². The first-order chi connectivity index (χ1) is 11.3. The van der Waals surface area contributed by atoms with Crippen molar-refractivity contribution in [3.63, 3.8) is 0 Å². The lowest BCUT2D eigenvalue weighted by Gasteiger charge is -2.23. The molecule has 130 valence electrons. The number of carboxylic acids is 1. The van der Waals surface area contributed by atoms with Gasteiger partial charge in [0.25, 0.3) is 0 Å². The molecule has 0 spiro atoms. The third-order valence-electron chi connectivity index (χ3n) is 3.06. The standard InChI is InChI=1S/C13H18N6O5/c1-5(2)24-6(3)7(11(20)21)16-12(22)18-10-8-9(15-4-14-8)17-13(23)19-10/h4-7H,1-3H3,(H,20,21)(H4,14,15,16,17,18,19,22,23)/t6-,7+/m1/s1. The minimum atomic E-state index is -1.27. The van der Waals surface area contributed by atoms with Crippen LogP contribution in [0.5, 0.6) is 0 Å². The number of imidazole rings is 1. The smallest absolute Gasteiger partial charge is 0.348 e. The molecule has 2 amide bonds. The number of aromatic amines is 2. The van der Waals surface area contributed by atoms with Crippen LogP contribution in [-0.4, -0.2) is 55.3 Å². The van der Waals surface area contributed by atoms with Crippen LogP contribution in [0.25, 0.3) is 11.2 Å². The molecule has 2 aromatic heterocycles. The zero-order valence-electron chi connectivity index (χ0n) is 13.3. The van der Waals surface area contributed by atoms with Crippen LogP contribution in [-0.2, 0) is 9.53 Å². The van der Waals surface area contributed by atoms with Crippen LogP contribution in [0, 0.1) is 0 Å². The third-order valence-corrected chi connectivity index (χ3v) is 3.06. The van der Waals surface area contributed by atoms with E-state index in [4.69, 9.17) is 4.74 Å². The molecule has 11 heteroatoms. The number of anilines is 1. The molecule has 24 heavy (non-hydrogen) atoms. The first kappa shape index (κ1) is 17.4. The fourth-order valence-electron chi connectivity index (χ4n) is 2.12. The Bertz CT molecular complexity index is 797. The molecule has 0 aliphatic heterocycles. The lowest BCUT2D eigenvalue weighted by atomic mass is 10.2. The van der Waals surface area contributed by atoms with Crippen LogP contribution in [0.1, 0.15) is 20.8 Å². The van der Waals surface area contributed by atoms with E-state index >= 15 is 0 Å². The van der Waals surface area contributed by atoms with E-state index in [9.17, 15) is 19.5 Å². The van der Waals surface area contributed by atoms with Crippen molar-refractivity contribution < 1.29 is 19.4 Å². The Labute approximate surface area is 135 Å². The van der Waals surface area contributed by atoms with Crippen molar-refractivity contribution in [2.24, 2.45) is 0 Å². The Balaban J connectivity index is 2.14. The highest BCUT2D eigenvalue weighted by molar-refractivity contribution is 5.97. The molecule has 2 atom stereocenters. The zero-order valence-corrected chi connectivity index (χ0v) is 13.3. The summed E-state index contributed by atoms with van der Waals surface area (Å²) in [4.78, 5) is 47.3. The number of carbonyl (C=O) groups excluding carboxylic acids is 1. The first-order valence-corrected chi connectivity index (χ1v) is 7.17. The molecular weight excluding hydrogens is 320 g/mol. The van der Waals surface area contributed by atoms with E-state index in [2.05, 4.69) is 30.6 Å². The fraction of sp³-hybridized carbons (Fsp3) is 0.462. The molecule has 0 radical (unpaired) electrons.